The molecule has 0 bridgehead atoms. The molecule has 1 unspecified atom stereocenters. The molecule has 0 aliphatic heterocycles. The molecule has 3 rings (SSSR count). The van der Waals surface area contributed by atoms with Crippen LogP contribution in [0.5, 0.6) is 0 Å². The van der Waals surface area contributed by atoms with Gasteiger partial charge in [-0.05, 0) is 55.8 Å². The standard InChI is InChI=1S/C24H22FN/c1-20(26(2)23-13-11-22(25)12-14-23)19-24(16-8-17-24)18-15-21-9-6-4-3-5-7-10-21/h3-14,16,19H,17H2,1-2H3/b4-3+,5-3?,6-4?,7-5-,9-6+,10-7?,20-19-,21-9?,21-10+. The third-order valence-corrected chi connectivity index (χ3v) is 4.52. The Bertz CT molecular complexity index is 898. The van der Waals surface area contributed by atoms with Gasteiger partial charge in [0, 0.05) is 24.0 Å². The molecule has 2 heteroatoms. The molecular weight excluding hydrogens is 321 g/mol. The molecule has 26 heavy (non-hydrogen) atoms. The lowest BCUT2D eigenvalue weighted by molar-refractivity contribution is 0.601. The van der Waals surface area contributed by atoms with Crippen LogP contribution in [0.3, 0.4) is 0 Å². The second-order valence-electron chi connectivity index (χ2n) is 6.47. The number of halogens is 1. The van der Waals surface area contributed by atoms with Gasteiger partial charge >= 0.3 is 0 Å². The molecule has 0 spiro atoms. The zero-order chi connectivity index (χ0) is 18.4. The molecule has 0 fully saturated rings. The number of hydrogen-bond donors (Lipinski definition) is 0. The van der Waals surface area contributed by atoms with E-state index in [1.807, 2.05) is 49.6 Å². The monoisotopic (exact) mass is 343 g/mol. The largest absolute Gasteiger partial charge is 0.349 e. The van der Waals surface area contributed by atoms with Gasteiger partial charge in [0.15, 0.2) is 0 Å². The average Bonchev–Trinajstić information content (AvgIpc) is 2.58. The number of rotatable bonds is 3. The van der Waals surface area contributed by atoms with E-state index in [-0.39, 0.29) is 11.2 Å². The minimum Gasteiger partial charge on any atom is -0.349 e. The number of anilines is 1. The average molecular weight is 343 g/mol. The number of hydrogen-bond acceptors (Lipinski definition) is 1. The molecule has 1 nitrogen and oxygen atoms in total. The first-order valence-electron chi connectivity index (χ1n) is 8.69. The lowest BCUT2D eigenvalue weighted by Crippen LogP contribution is -2.23. The van der Waals surface area contributed by atoms with Crippen molar-refractivity contribution in [1.82, 2.24) is 0 Å². The second kappa shape index (κ2) is 7.89. The predicted molar refractivity (Wildman–Crippen MR) is 108 cm³/mol. The van der Waals surface area contributed by atoms with Gasteiger partial charge in [-0.15, -0.1) is 0 Å². The highest BCUT2D eigenvalue weighted by atomic mass is 19.1. The van der Waals surface area contributed by atoms with Crippen LogP contribution >= 0.6 is 0 Å². The van der Waals surface area contributed by atoms with Gasteiger partial charge in [-0.1, -0.05) is 54.4 Å². The summed E-state index contributed by atoms with van der Waals surface area (Å²) in [6, 6.07) is 6.53. The maximum atomic E-state index is 13.1. The van der Waals surface area contributed by atoms with Gasteiger partial charge < -0.3 is 4.90 Å². The van der Waals surface area contributed by atoms with Crippen LogP contribution in [0.25, 0.3) is 0 Å². The molecule has 0 radical (unpaired) electrons. The molecule has 2 aliphatic carbocycles. The Kier molecular flexibility index (Phi) is 5.39. The second-order valence-corrected chi connectivity index (χ2v) is 6.47. The zero-order valence-corrected chi connectivity index (χ0v) is 15.1. The Morgan fingerprint density at radius 1 is 1.12 bits per heavy atom. The number of nitrogens with zero attached hydrogens (tertiary/aromatic N) is 1. The molecule has 0 N–H and O–H groups in total. The molecule has 0 saturated heterocycles. The van der Waals surface area contributed by atoms with Gasteiger partial charge in [-0.2, -0.15) is 0 Å². The van der Waals surface area contributed by atoms with Gasteiger partial charge in [0.1, 0.15) is 5.82 Å². The smallest absolute Gasteiger partial charge is 0.123 e. The number of benzene rings is 1. The summed E-state index contributed by atoms with van der Waals surface area (Å²) in [7, 11) is 1.99. The summed E-state index contributed by atoms with van der Waals surface area (Å²) in [6.07, 6.45) is 21.4. The van der Waals surface area contributed by atoms with Crippen LogP contribution < -0.4 is 4.90 Å². The first-order valence-corrected chi connectivity index (χ1v) is 8.69. The quantitative estimate of drug-likeness (QED) is 0.501. The molecule has 0 saturated carbocycles. The highest BCUT2D eigenvalue weighted by molar-refractivity contribution is 5.53. The Morgan fingerprint density at radius 2 is 1.81 bits per heavy atom. The maximum absolute atomic E-state index is 13.1. The van der Waals surface area contributed by atoms with Crippen LogP contribution in [0.4, 0.5) is 10.1 Å². The molecule has 130 valence electrons. The van der Waals surface area contributed by atoms with Crippen molar-refractivity contribution in [2.75, 3.05) is 11.9 Å². The maximum Gasteiger partial charge on any atom is 0.123 e. The van der Waals surface area contributed by atoms with E-state index in [2.05, 4.69) is 41.9 Å². The van der Waals surface area contributed by atoms with E-state index in [1.165, 1.54) is 12.1 Å². The van der Waals surface area contributed by atoms with Crippen LogP contribution in [0.1, 0.15) is 13.3 Å². The van der Waals surface area contributed by atoms with Gasteiger partial charge in [0.05, 0.1) is 5.41 Å². The van der Waals surface area contributed by atoms with E-state index >= 15 is 0 Å². The third-order valence-electron chi connectivity index (χ3n) is 4.52. The van der Waals surface area contributed by atoms with Crippen molar-refractivity contribution in [3.8, 4) is 11.8 Å². The Morgan fingerprint density at radius 3 is 2.50 bits per heavy atom. The van der Waals surface area contributed by atoms with Gasteiger partial charge in [0.25, 0.3) is 0 Å². The van der Waals surface area contributed by atoms with E-state index in [4.69, 9.17) is 0 Å². The molecule has 0 aromatic heterocycles. The minimum absolute atomic E-state index is 0.225. The van der Waals surface area contributed by atoms with E-state index in [0.717, 1.165) is 23.4 Å². The fourth-order valence-corrected chi connectivity index (χ4v) is 2.78. The lowest BCUT2D eigenvalue weighted by Gasteiger charge is -2.30. The first kappa shape index (κ1) is 17.8. The van der Waals surface area contributed by atoms with Gasteiger partial charge in [0.2, 0.25) is 0 Å². The molecule has 2 aliphatic rings. The summed E-state index contributed by atoms with van der Waals surface area (Å²) in [5.74, 6) is 6.49. The van der Waals surface area contributed by atoms with E-state index in [1.54, 1.807) is 12.1 Å². The van der Waals surface area contributed by atoms with Crippen molar-refractivity contribution in [1.29, 1.82) is 0 Å². The molecule has 0 heterocycles. The van der Waals surface area contributed by atoms with Crippen LogP contribution in [0.15, 0.2) is 96.3 Å². The normalized spacial score (nSPS) is 26.9. The summed E-state index contributed by atoms with van der Waals surface area (Å²) in [4.78, 5) is 2.05. The van der Waals surface area contributed by atoms with Crippen LogP contribution in [0, 0.1) is 23.1 Å². The van der Waals surface area contributed by atoms with Crippen molar-refractivity contribution in [2.45, 2.75) is 13.3 Å². The lowest BCUT2D eigenvalue weighted by atomic mass is 9.76. The van der Waals surface area contributed by atoms with Crippen molar-refractivity contribution in [3.05, 3.63) is 102 Å². The minimum atomic E-state index is -0.241. The zero-order valence-electron chi connectivity index (χ0n) is 15.1. The molecule has 1 atom stereocenters. The molecular formula is C24H22FN. The van der Waals surface area contributed by atoms with Crippen LogP contribution in [-0.4, -0.2) is 7.05 Å². The predicted octanol–water partition coefficient (Wildman–Crippen LogP) is 5.72. The molecule has 0 amide bonds. The Labute approximate surface area is 155 Å². The summed E-state index contributed by atoms with van der Waals surface area (Å²) in [5.41, 5.74) is 2.78. The van der Waals surface area contributed by atoms with Gasteiger partial charge in [-0.25, -0.2) is 4.39 Å². The molecule has 1 aromatic rings. The van der Waals surface area contributed by atoms with E-state index in [0.29, 0.717) is 0 Å². The summed E-state index contributed by atoms with van der Waals surface area (Å²) in [5, 5.41) is 0. The number of allylic oxidation sites excluding steroid dienone is 12. The highest BCUT2D eigenvalue weighted by Crippen LogP contribution is 2.36. The van der Waals surface area contributed by atoms with Crippen LogP contribution in [0.2, 0.25) is 0 Å². The van der Waals surface area contributed by atoms with E-state index < -0.39 is 0 Å². The fourth-order valence-electron chi connectivity index (χ4n) is 2.78. The van der Waals surface area contributed by atoms with Gasteiger partial charge in [-0.3, -0.25) is 0 Å². The topological polar surface area (TPSA) is 3.24 Å². The summed E-state index contributed by atoms with van der Waals surface area (Å²) >= 11 is 0. The third kappa shape index (κ3) is 4.32. The Hall–Kier alpha value is -3.05. The Balaban J connectivity index is 1.82. The summed E-state index contributed by atoms with van der Waals surface area (Å²) < 4.78 is 13.1. The SMILES string of the molecule is C/C(=C/C1(C#CC2=C/C=C\C=C\C=C\2)C=CC1)N(C)c1ccc(F)cc1. The fraction of sp³-hybridized carbons (Fsp3) is 0.167. The molecule has 1 aromatic carbocycles. The first-order chi connectivity index (χ1) is 12.6. The van der Waals surface area contributed by atoms with Crippen molar-refractivity contribution in [2.24, 2.45) is 5.41 Å². The highest BCUT2D eigenvalue weighted by Gasteiger charge is 2.27. The van der Waals surface area contributed by atoms with Crippen molar-refractivity contribution >= 4 is 5.69 Å². The van der Waals surface area contributed by atoms with E-state index in [9.17, 15) is 4.39 Å². The van der Waals surface area contributed by atoms with Crippen LogP contribution in [-0.2, 0) is 0 Å². The van der Waals surface area contributed by atoms with Crippen molar-refractivity contribution in [3.63, 3.8) is 0 Å². The summed E-state index contributed by atoms with van der Waals surface area (Å²) in [6.45, 7) is 2.06. The van der Waals surface area contributed by atoms with Crippen molar-refractivity contribution < 1.29 is 4.39 Å².